The summed E-state index contributed by atoms with van der Waals surface area (Å²) in [6.07, 6.45) is 5.57. The first-order chi connectivity index (χ1) is 11.7. The van der Waals surface area contributed by atoms with E-state index in [1.165, 1.54) is 32.1 Å². The second-order valence-corrected chi connectivity index (χ2v) is 6.51. The SMILES string of the molecule is CCN(C[C@H](O)COc1ccccc1)C(=O)NCC1CCCCC1. The van der Waals surface area contributed by atoms with Crippen LogP contribution in [0.3, 0.4) is 0 Å². The molecule has 0 spiro atoms. The standard InChI is InChI=1S/C19H30N2O3/c1-2-21(19(23)20-13-16-9-5-3-6-10-16)14-17(22)15-24-18-11-7-4-8-12-18/h4,7-8,11-12,16-17,22H,2-3,5-6,9-10,13-15H2,1H3,(H,20,23)/t17-/m0/s1. The van der Waals surface area contributed by atoms with Gasteiger partial charge in [0, 0.05) is 13.1 Å². The Balaban J connectivity index is 1.70. The maximum Gasteiger partial charge on any atom is 0.317 e. The number of hydrogen-bond donors (Lipinski definition) is 2. The third kappa shape index (κ3) is 6.40. The number of nitrogens with one attached hydrogen (secondary N) is 1. The topological polar surface area (TPSA) is 61.8 Å². The molecule has 1 fully saturated rings. The molecule has 1 saturated carbocycles. The van der Waals surface area contributed by atoms with Crippen LogP contribution >= 0.6 is 0 Å². The zero-order chi connectivity index (χ0) is 17.2. The number of carbonyl (C=O) groups is 1. The minimum Gasteiger partial charge on any atom is -0.491 e. The van der Waals surface area contributed by atoms with Gasteiger partial charge in [-0.1, -0.05) is 37.5 Å². The predicted octanol–water partition coefficient (Wildman–Crippen LogP) is 3.04. The van der Waals surface area contributed by atoms with Gasteiger partial charge in [-0.3, -0.25) is 0 Å². The molecule has 0 aliphatic heterocycles. The maximum absolute atomic E-state index is 12.3. The minimum atomic E-state index is -0.703. The van der Waals surface area contributed by atoms with Crippen LogP contribution in [-0.4, -0.2) is 48.4 Å². The van der Waals surface area contributed by atoms with Crippen molar-refractivity contribution in [1.29, 1.82) is 0 Å². The molecule has 0 unspecified atom stereocenters. The molecule has 24 heavy (non-hydrogen) atoms. The second-order valence-electron chi connectivity index (χ2n) is 6.51. The molecule has 1 aliphatic rings. The molecule has 0 bridgehead atoms. The molecule has 1 aliphatic carbocycles. The van der Waals surface area contributed by atoms with Crippen molar-refractivity contribution in [2.24, 2.45) is 5.92 Å². The van der Waals surface area contributed by atoms with Crippen LogP contribution in [0.25, 0.3) is 0 Å². The van der Waals surface area contributed by atoms with Gasteiger partial charge >= 0.3 is 6.03 Å². The van der Waals surface area contributed by atoms with Gasteiger partial charge in [0.1, 0.15) is 18.5 Å². The van der Waals surface area contributed by atoms with E-state index in [1.807, 2.05) is 37.3 Å². The summed E-state index contributed by atoms with van der Waals surface area (Å²) in [7, 11) is 0. The van der Waals surface area contributed by atoms with Gasteiger partial charge in [-0.15, -0.1) is 0 Å². The molecule has 0 saturated heterocycles. The highest BCUT2D eigenvalue weighted by molar-refractivity contribution is 5.74. The second kappa shape index (κ2) is 10.2. The number of rotatable bonds is 8. The highest BCUT2D eigenvalue weighted by Gasteiger charge is 2.19. The van der Waals surface area contributed by atoms with E-state index in [-0.39, 0.29) is 19.2 Å². The fraction of sp³-hybridized carbons (Fsp3) is 0.632. The normalized spacial score (nSPS) is 16.4. The van der Waals surface area contributed by atoms with E-state index in [1.54, 1.807) is 4.90 Å². The monoisotopic (exact) mass is 334 g/mol. The fourth-order valence-electron chi connectivity index (χ4n) is 3.11. The van der Waals surface area contributed by atoms with Crippen molar-refractivity contribution >= 4 is 6.03 Å². The molecule has 0 radical (unpaired) electrons. The highest BCUT2D eigenvalue weighted by Crippen LogP contribution is 2.22. The van der Waals surface area contributed by atoms with Gasteiger partial charge in [0.25, 0.3) is 0 Å². The first-order valence-electron chi connectivity index (χ1n) is 9.07. The summed E-state index contributed by atoms with van der Waals surface area (Å²) >= 11 is 0. The van der Waals surface area contributed by atoms with Crippen LogP contribution in [0.1, 0.15) is 39.0 Å². The van der Waals surface area contributed by atoms with Gasteiger partial charge < -0.3 is 20.1 Å². The van der Waals surface area contributed by atoms with Gasteiger partial charge in [-0.2, -0.15) is 0 Å². The molecule has 2 N–H and O–H groups in total. The fourth-order valence-corrected chi connectivity index (χ4v) is 3.11. The molecule has 1 aromatic carbocycles. The molecule has 0 aromatic heterocycles. The summed E-state index contributed by atoms with van der Waals surface area (Å²) in [4.78, 5) is 13.9. The van der Waals surface area contributed by atoms with Crippen LogP contribution in [0.2, 0.25) is 0 Å². The van der Waals surface area contributed by atoms with E-state index in [0.717, 1.165) is 12.3 Å². The molecular weight excluding hydrogens is 304 g/mol. The van der Waals surface area contributed by atoms with E-state index < -0.39 is 6.10 Å². The van der Waals surface area contributed by atoms with Gasteiger partial charge in [0.2, 0.25) is 0 Å². The molecule has 5 heteroatoms. The van der Waals surface area contributed by atoms with Crippen LogP contribution in [0.4, 0.5) is 4.79 Å². The number of ether oxygens (including phenoxy) is 1. The lowest BCUT2D eigenvalue weighted by atomic mass is 9.89. The number of nitrogens with zero attached hydrogens (tertiary/aromatic N) is 1. The number of likely N-dealkylation sites (N-methyl/N-ethyl adjacent to an activating group) is 1. The van der Waals surface area contributed by atoms with Crippen LogP contribution in [0, 0.1) is 5.92 Å². The smallest absolute Gasteiger partial charge is 0.317 e. The Hall–Kier alpha value is -1.75. The minimum absolute atomic E-state index is 0.0955. The Labute approximate surface area is 145 Å². The van der Waals surface area contributed by atoms with E-state index in [9.17, 15) is 9.90 Å². The number of carbonyl (C=O) groups excluding carboxylic acids is 1. The molecule has 5 nitrogen and oxygen atoms in total. The lowest BCUT2D eigenvalue weighted by Crippen LogP contribution is -2.46. The summed E-state index contributed by atoms with van der Waals surface area (Å²) in [5.41, 5.74) is 0. The molecule has 1 aromatic rings. The Morgan fingerprint density at radius 1 is 1.29 bits per heavy atom. The summed E-state index contributed by atoms with van der Waals surface area (Å²) in [5, 5.41) is 13.1. The molecule has 2 amide bonds. The summed E-state index contributed by atoms with van der Waals surface area (Å²) in [5.74, 6) is 1.33. The highest BCUT2D eigenvalue weighted by atomic mass is 16.5. The summed E-state index contributed by atoms with van der Waals surface area (Å²) in [6, 6.07) is 9.29. The summed E-state index contributed by atoms with van der Waals surface area (Å²) in [6.45, 7) is 3.69. The Bertz CT molecular complexity index is 475. The first kappa shape index (κ1) is 18.6. The first-order valence-corrected chi connectivity index (χ1v) is 9.07. The lowest BCUT2D eigenvalue weighted by Gasteiger charge is -2.27. The van der Waals surface area contributed by atoms with E-state index in [0.29, 0.717) is 12.5 Å². The van der Waals surface area contributed by atoms with Crippen molar-refractivity contribution in [3.63, 3.8) is 0 Å². The predicted molar refractivity (Wildman–Crippen MR) is 95.2 cm³/mol. The average molecular weight is 334 g/mol. The number of aliphatic hydroxyl groups excluding tert-OH is 1. The van der Waals surface area contributed by atoms with Crippen molar-refractivity contribution < 1.29 is 14.6 Å². The molecular formula is C19H30N2O3. The van der Waals surface area contributed by atoms with Crippen molar-refractivity contribution in [1.82, 2.24) is 10.2 Å². The number of aliphatic hydroxyl groups is 1. The Kier molecular flexibility index (Phi) is 7.89. The largest absolute Gasteiger partial charge is 0.491 e. The van der Waals surface area contributed by atoms with E-state index in [4.69, 9.17) is 4.74 Å². The molecule has 2 rings (SSSR count). The van der Waals surface area contributed by atoms with Crippen molar-refractivity contribution in [2.45, 2.75) is 45.1 Å². The van der Waals surface area contributed by atoms with Gasteiger partial charge in [0.05, 0.1) is 6.54 Å². The average Bonchev–Trinajstić information content (AvgIpc) is 2.64. The molecule has 1 atom stereocenters. The van der Waals surface area contributed by atoms with Crippen molar-refractivity contribution in [3.05, 3.63) is 30.3 Å². The van der Waals surface area contributed by atoms with Gasteiger partial charge in [-0.25, -0.2) is 4.79 Å². The zero-order valence-electron chi connectivity index (χ0n) is 14.6. The lowest BCUT2D eigenvalue weighted by molar-refractivity contribution is 0.0778. The zero-order valence-corrected chi connectivity index (χ0v) is 14.6. The third-order valence-electron chi connectivity index (χ3n) is 4.55. The van der Waals surface area contributed by atoms with Crippen LogP contribution in [0.5, 0.6) is 5.75 Å². The van der Waals surface area contributed by atoms with Crippen LogP contribution in [-0.2, 0) is 0 Å². The van der Waals surface area contributed by atoms with E-state index in [2.05, 4.69) is 5.32 Å². The number of hydrogen-bond acceptors (Lipinski definition) is 3. The van der Waals surface area contributed by atoms with E-state index >= 15 is 0 Å². The quantitative estimate of drug-likeness (QED) is 0.768. The molecule has 0 heterocycles. The number of urea groups is 1. The number of amides is 2. The maximum atomic E-state index is 12.3. The third-order valence-corrected chi connectivity index (χ3v) is 4.55. The Morgan fingerprint density at radius 3 is 2.67 bits per heavy atom. The Morgan fingerprint density at radius 2 is 2.00 bits per heavy atom. The molecule has 134 valence electrons. The van der Waals surface area contributed by atoms with Crippen LogP contribution < -0.4 is 10.1 Å². The van der Waals surface area contributed by atoms with Crippen molar-refractivity contribution in [3.8, 4) is 5.75 Å². The number of benzene rings is 1. The van der Waals surface area contributed by atoms with Gasteiger partial charge in [-0.05, 0) is 37.8 Å². The van der Waals surface area contributed by atoms with Gasteiger partial charge in [0.15, 0.2) is 0 Å². The van der Waals surface area contributed by atoms with Crippen LogP contribution in [0.15, 0.2) is 30.3 Å². The summed E-state index contributed by atoms with van der Waals surface area (Å²) < 4.78 is 5.54. The van der Waals surface area contributed by atoms with Crippen molar-refractivity contribution in [2.75, 3.05) is 26.2 Å². The number of para-hydroxylation sites is 1.